The number of thioether (sulfide) groups is 2. The zero-order valence-electron chi connectivity index (χ0n) is 20.7. The quantitative estimate of drug-likeness (QED) is 0.166. The number of imidazole rings is 1. The van der Waals surface area contributed by atoms with Crippen LogP contribution in [0.1, 0.15) is 38.8 Å². The molecule has 13 heteroatoms. The third-order valence-corrected chi connectivity index (χ3v) is 6.88. The van der Waals surface area contributed by atoms with Crippen molar-refractivity contribution in [2.45, 2.75) is 63.7 Å². The summed E-state index contributed by atoms with van der Waals surface area (Å²) in [6.07, 6.45) is 8.21. The molecule has 0 aliphatic heterocycles. The minimum atomic E-state index is -1.13. The van der Waals surface area contributed by atoms with Gasteiger partial charge in [0, 0.05) is 18.3 Å². The highest BCUT2D eigenvalue weighted by Gasteiger charge is 2.32. The van der Waals surface area contributed by atoms with E-state index in [1.807, 2.05) is 26.4 Å². The van der Waals surface area contributed by atoms with Crippen molar-refractivity contribution in [3.63, 3.8) is 0 Å². The Bertz CT molecular complexity index is 810. The van der Waals surface area contributed by atoms with E-state index in [-0.39, 0.29) is 18.8 Å². The summed E-state index contributed by atoms with van der Waals surface area (Å²) in [5.74, 6) is -1.77. The number of aromatic nitrogens is 2. The molecule has 0 fully saturated rings. The minimum absolute atomic E-state index is 0.226. The lowest BCUT2D eigenvalue weighted by molar-refractivity contribution is -0.142. The van der Waals surface area contributed by atoms with Gasteiger partial charge in [0.25, 0.3) is 0 Å². The van der Waals surface area contributed by atoms with Crippen molar-refractivity contribution in [3.05, 3.63) is 18.2 Å². The molecule has 11 nitrogen and oxygen atoms in total. The Morgan fingerprint density at radius 1 is 1.03 bits per heavy atom. The smallest absolute Gasteiger partial charge is 0.326 e. The fourth-order valence-corrected chi connectivity index (χ4v) is 4.16. The van der Waals surface area contributed by atoms with Crippen LogP contribution in [0.5, 0.6) is 0 Å². The van der Waals surface area contributed by atoms with Gasteiger partial charge in [0.2, 0.25) is 17.7 Å². The second kappa shape index (κ2) is 16.4. The fraction of sp³-hybridized carbons (Fsp3) is 0.682. The highest BCUT2D eigenvalue weighted by atomic mass is 32.2. The third kappa shape index (κ3) is 10.9. The lowest BCUT2D eigenvalue weighted by Gasteiger charge is -2.28. The molecule has 1 heterocycles. The molecule has 5 unspecified atom stereocenters. The largest absolute Gasteiger partial charge is 0.480 e. The zero-order valence-corrected chi connectivity index (χ0v) is 22.3. The number of carbonyl (C=O) groups excluding carboxylic acids is 3. The summed E-state index contributed by atoms with van der Waals surface area (Å²) in [4.78, 5) is 57.2. The summed E-state index contributed by atoms with van der Waals surface area (Å²) in [7, 11) is 0. The van der Waals surface area contributed by atoms with E-state index in [1.165, 1.54) is 29.9 Å². The molecule has 0 radical (unpaired) electrons. The summed E-state index contributed by atoms with van der Waals surface area (Å²) in [6, 6.07) is -3.78. The van der Waals surface area contributed by atoms with Crippen molar-refractivity contribution in [1.82, 2.24) is 25.9 Å². The van der Waals surface area contributed by atoms with Crippen LogP contribution in [0, 0.1) is 5.92 Å². The van der Waals surface area contributed by atoms with Crippen LogP contribution in [-0.2, 0) is 25.6 Å². The molecule has 0 saturated heterocycles. The van der Waals surface area contributed by atoms with E-state index in [0.29, 0.717) is 30.0 Å². The maximum Gasteiger partial charge on any atom is 0.326 e. The summed E-state index contributed by atoms with van der Waals surface area (Å²) < 4.78 is 0. The molecule has 35 heavy (non-hydrogen) atoms. The van der Waals surface area contributed by atoms with Gasteiger partial charge in [-0.05, 0) is 42.8 Å². The normalized spacial score (nSPS) is 15.3. The first-order chi connectivity index (χ1) is 16.6. The third-order valence-electron chi connectivity index (χ3n) is 5.59. The molecular formula is C22H38N6O5S2. The Labute approximate surface area is 214 Å². The van der Waals surface area contributed by atoms with Crippen LogP contribution in [0.15, 0.2) is 12.5 Å². The highest BCUT2D eigenvalue weighted by Crippen LogP contribution is 2.11. The number of nitrogens with two attached hydrogens (primary N) is 1. The number of nitrogens with one attached hydrogen (secondary N) is 4. The molecular weight excluding hydrogens is 492 g/mol. The van der Waals surface area contributed by atoms with E-state index in [2.05, 4.69) is 25.9 Å². The Hall–Kier alpha value is -2.25. The molecule has 0 bridgehead atoms. The van der Waals surface area contributed by atoms with Crippen LogP contribution in [0.3, 0.4) is 0 Å². The first-order valence-electron chi connectivity index (χ1n) is 11.5. The second-order valence-electron chi connectivity index (χ2n) is 8.28. The van der Waals surface area contributed by atoms with Crippen molar-refractivity contribution >= 4 is 47.2 Å². The SMILES string of the molecule is CCC(C)C(NC(=O)C(N)Cc1cnc[nH]1)C(=O)NC(CCSC)C(=O)NC(CCSC)C(=O)O. The van der Waals surface area contributed by atoms with Crippen LogP contribution >= 0.6 is 23.5 Å². The number of rotatable bonds is 17. The van der Waals surface area contributed by atoms with Gasteiger partial charge in [-0.2, -0.15) is 23.5 Å². The first-order valence-corrected chi connectivity index (χ1v) is 14.3. The van der Waals surface area contributed by atoms with Crippen molar-refractivity contribution in [2.24, 2.45) is 11.7 Å². The van der Waals surface area contributed by atoms with Crippen molar-refractivity contribution in [2.75, 3.05) is 24.0 Å². The van der Waals surface area contributed by atoms with E-state index in [1.54, 1.807) is 6.20 Å². The number of carboxylic acids is 1. The molecule has 1 aromatic heterocycles. The van der Waals surface area contributed by atoms with Gasteiger partial charge in [-0.25, -0.2) is 9.78 Å². The van der Waals surface area contributed by atoms with Crippen molar-refractivity contribution in [1.29, 1.82) is 0 Å². The molecule has 0 saturated carbocycles. The van der Waals surface area contributed by atoms with Gasteiger partial charge in [-0.1, -0.05) is 20.3 Å². The van der Waals surface area contributed by atoms with Gasteiger partial charge in [0.05, 0.1) is 12.4 Å². The molecule has 1 aromatic rings. The average Bonchev–Trinajstić information content (AvgIpc) is 3.34. The Balaban J connectivity index is 2.92. The molecule has 3 amide bonds. The van der Waals surface area contributed by atoms with E-state index in [0.717, 1.165) is 0 Å². The van der Waals surface area contributed by atoms with Crippen LogP contribution in [0.25, 0.3) is 0 Å². The van der Waals surface area contributed by atoms with Gasteiger partial charge < -0.3 is 31.8 Å². The number of hydrogen-bond acceptors (Lipinski definition) is 8. The monoisotopic (exact) mass is 530 g/mol. The minimum Gasteiger partial charge on any atom is -0.480 e. The molecule has 7 N–H and O–H groups in total. The number of nitrogens with zero attached hydrogens (tertiary/aromatic N) is 1. The molecule has 1 rings (SSSR count). The molecule has 5 atom stereocenters. The predicted octanol–water partition coefficient (Wildman–Crippen LogP) is 0.371. The number of H-pyrrole nitrogens is 1. The van der Waals surface area contributed by atoms with E-state index in [4.69, 9.17) is 5.73 Å². The zero-order chi connectivity index (χ0) is 26.4. The summed E-state index contributed by atoms with van der Waals surface area (Å²) in [5, 5.41) is 17.4. The fourth-order valence-electron chi connectivity index (χ4n) is 3.22. The number of hydrogen-bond donors (Lipinski definition) is 6. The summed E-state index contributed by atoms with van der Waals surface area (Å²) in [6.45, 7) is 3.72. The maximum absolute atomic E-state index is 13.2. The maximum atomic E-state index is 13.2. The molecule has 0 aliphatic rings. The predicted molar refractivity (Wildman–Crippen MR) is 139 cm³/mol. The van der Waals surface area contributed by atoms with Crippen LogP contribution in [-0.4, -0.2) is 86.9 Å². The Morgan fingerprint density at radius 3 is 2.14 bits per heavy atom. The van der Waals surface area contributed by atoms with Gasteiger partial charge in [0.1, 0.15) is 18.1 Å². The van der Waals surface area contributed by atoms with Gasteiger partial charge in [-0.3, -0.25) is 14.4 Å². The van der Waals surface area contributed by atoms with Gasteiger partial charge >= 0.3 is 5.97 Å². The average molecular weight is 531 g/mol. The Kier molecular flexibility index (Phi) is 14.4. The van der Waals surface area contributed by atoms with E-state index < -0.39 is 47.9 Å². The molecule has 0 aromatic carbocycles. The molecule has 198 valence electrons. The van der Waals surface area contributed by atoms with Crippen LogP contribution in [0.2, 0.25) is 0 Å². The van der Waals surface area contributed by atoms with Gasteiger partial charge in [-0.15, -0.1) is 0 Å². The lowest BCUT2D eigenvalue weighted by Crippen LogP contribution is -2.59. The number of aromatic amines is 1. The number of carbonyl (C=O) groups is 4. The van der Waals surface area contributed by atoms with Gasteiger partial charge in [0.15, 0.2) is 0 Å². The van der Waals surface area contributed by atoms with Crippen LogP contribution < -0.4 is 21.7 Å². The first kappa shape index (κ1) is 30.8. The Morgan fingerprint density at radius 2 is 1.63 bits per heavy atom. The van der Waals surface area contributed by atoms with Crippen LogP contribution in [0.4, 0.5) is 0 Å². The summed E-state index contributed by atoms with van der Waals surface area (Å²) >= 11 is 2.99. The van der Waals surface area contributed by atoms with Crippen molar-refractivity contribution in [3.8, 4) is 0 Å². The number of carboxylic acid groups (broad SMARTS) is 1. The highest BCUT2D eigenvalue weighted by molar-refractivity contribution is 7.98. The summed E-state index contributed by atoms with van der Waals surface area (Å²) in [5.41, 5.74) is 6.72. The lowest BCUT2D eigenvalue weighted by atomic mass is 9.97. The molecule has 0 aliphatic carbocycles. The second-order valence-corrected chi connectivity index (χ2v) is 10.3. The number of amides is 3. The number of aliphatic carboxylic acids is 1. The topological polar surface area (TPSA) is 179 Å². The standard InChI is InChI=1S/C22H38N6O5S2/c1-5-13(2)18(28-19(29)15(23)10-14-11-24-12-25-14)21(31)26-16(6-8-34-3)20(30)27-17(22(32)33)7-9-35-4/h11-13,15-18H,5-10,23H2,1-4H3,(H,24,25)(H,26,31)(H,27,30)(H,28,29)(H,32,33). The van der Waals surface area contributed by atoms with Crippen molar-refractivity contribution < 1.29 is 24.3 Å². The van der Waals surface area contributed by atoms with E-state index in [9.17, 15) is 24.3 Å². The molecule has 0 spiro atoms. The van der Waals surface area contributed by atoms with E-state index >= 15 is 0 Å².